The maximum absolute atomic E-state index is 5.47. The number of hydrogen-bond donors (Lipinski definition) is 1. The molecule has 1 saturated heterocycles. The van der Waals surface area contributed by atoms with Crippen molar-refractivity contribution in [1.82, 2.24) is 19.7 Å². The molecule has 112 valence electrons. The van der Waals surface area contributed by atoms with Crippen molar-refractivity contribution in [2.45, 2.75) is 25.7 Å². The molecule has 6 nitrogen and oxygen atoms in total. The Morgan fingerprint density at radius 1 is 1.43 bits per heavy atom. The lowest BCUT2D eigenvalue weighted by molar-refractivity contribution is 0.193. The van der Waals surface area contributed by atoms with Gasteiger partial charge in [-0.15, -0.1) is 0 Å². The maximum Gasteiger partial charge on any atom is 0.136 e. The first-order valence-corrected chi connectivity index (χ1v) is 7.46. The van der Waals surface area contributed by atoms with Crippen LogP contribution in [0, 0.1) is 0 Å². The van der Waals surface area contributed by atoms with E-state index in [2.05, 4.69) is 22.3 Å². The number of hydrogen-bond acceptors (Lipinski definition) is 5. The fraction of sp³-hybridized carbons (Fsp3) is 0.533. The normalized spacial score (nSPS) is 18.1. The molecule has 3 heterocycles. The third kappa shape index (κ3) is 3.21. The molecule has 1 fully saturated rings. The van der Waals surface area contributed by atoms with Crippen LogP contribution in [0.25, 0.3) is 11.3 Å². The molecule has 1 aliphatic heterocycles. The zero-order chi connectivity index (χ0) is 14.7. The quantitative estimate of drug-likeness (QED) is 0.913. The highest BCUT2D eigenvalue weighted by Crippen LogP contribution is 2.26. The van der Waals surface area contributed by atoms with E-state index in [-0.39, 0.29) is 0 Å². The van der Waals surface area contributed by atoms with Crippen LogP contribution in [-0.2, 0) is 11.8 Å². The lowest BCUT2D eigenvalue weighted by atomic mass is 10.1. The highest BCUT2D eigenvalue weighted by atomic mass is 16.5. The molecule has 0 radical (unpaired) electrons. The molecule has 1 atom stereocenters. The molecule has 0 amide bonds. The standard InChI is InChI=1S/C15H21N5O/c1-3-5-16-14-7-13(12-8-17-20(2)9-12)18-15(19-14)11-4-6-21-10-11/h7-9,11H,3-6,10H2,1-2H3,(H,16,18,19). The van der Waals surface area contributed by atoms with E-state index in [4.69, 9.17) is 9.72 Å². The van der Waals surface area contributed by atoms with E-state index in [1.165, 1.54) is 0 Å². The van der Waals surface area contributed by atoms with Gasteiger partial charge >= 0.3 is 0 Å². The molecular weight excluding hydrogens is 266 g/mol. The summed E-state index contributed by atoms with van der Waals surface area (Å²) in [5, 5.41) is 7.58. The average molecular weight is 287 g/mol. The number of anilines is 1. The van der Waals surface area contributed by atoms with Crippen molar-refractivity contribution < 1.29 is 4.74 Å². The Kier molecular flexibility index (Phi) is 4.15. The summed E-state index contributed by atoms with van der Waals surface area (Å²) in [4.78, 5) is 9.38. The van der Waals surface area contributed by atoms with Crippen LogP contribution in [0.15, 0.2) is 18.5 Å². The van der Waals surface area contributed by atoms with Crippen molar-refractivity contribution in [2.75, 3.05) is 25.1 Å². The number of nitrogens with zero attached hydrogens (tertiary/aromatic N) is 4. The van der Waals surface area contributed by atoms with E-state index < -0.39 is 0 Å². The summed E-state index contributed by atoms with van der Waals surface area (Å²) >= 11 is 0. The topological polar surface area (TPSA) is 64.9 Å². The summed E-state index contributed by atoms with van der Waals surface area (Å²) in [6, 6.07) is 1.99. The summed E-state index contributed by atoms with van der Waals surface area (Å²) in [5.41, 5.74) is 1.93. The van der Waals surface area contributed by atoms with Crippen LogP contribution < -0.4 is 5.32 Å². The van der Waals surface area contributed by atoms with Gasteiger partial charge in [0, 0.05) is 43.9 Å². The second kappa shape index (κ2) is 6.22. The number of ether oxygens (including phenoxy) is 1. The van der Waals surface area contributed by atoms with Crippen molar-refractivity contribution in [3.8, 4) is 11.3 Å². The van der Waals surface area contributed by atoms with Gasteiger partial charge in [-0.05, 0) is 12.8 Å². The number of rotatable bonds is 5. The van der Waals surface area contributed by atoms with Crippen molar-refractivity contribution in [3.63, 3.8) is 0 Å². The Balaban J connectivity index is 1.95. The van der Waals surface area contributed by atoms with Crippen LogP contribution in [0.5, 0.6) is 0 Å². The molecule has 1 aliphatic rings. The predicted octanol–water partition coefficient (Wildman–Crippen LogP) is 2.20. The average Bonchev–Trinajstić information content (AvgIpc) is 3.16. The molecule has 2 aromatic rings. The summed E-state index contributed by atoms with van der Waals surface area (Å²) in [6.07, 6.45) is 5.86. The highest BCUT2D eigenvalue weighted by molar-refractivity contribution is 5.61. The van der Waals surface area contributed by atoms with Gasteiger partial charge < -0.3 is 10.1 Å². The second-order valence-electron chi connectivity index (χ2n) is 5.39. The van der Waals surface area contributed by atoms with Gasteiger partial charge in [0.15, 0.2) is 0 Å². The van der Waals surface area contributed by atoms with E-state index in [0.29, 0.717) is 12.5 Å². The van der Waals surface area contributed by atoms with Crippen LogP contribution >= 0.6 is 0 Å². The lowest BCUT2D eigenvalue weighted by Crippen LogP contribution is -2.09. The van der Waals surface area contributed by atoms with E-state index in [9.17, 15) is 0 Å². The van der Waals surface area contributed by atoms with E-state index in [0.717, 1.165) is 48.9 Å². The Morgan fingerprint density at radius 2 is 2.33 bits per heavy atom. The first kappa shape index (κ1) is 14.0. The molecule has 0 spiro atoms. The Bertz CT molecular complexity index is 604. The first-order valence-electron chi connectivity index (χ1n) is 7.46. The molecule has 1 unspecified atom stereocenters. The Hall–Kier alpha value is -1.95. The molecule has 6 heteroatoms. The van der Waals surface area contributed by atoms with Gasteiger partial charge in [0.25, 0.3) is 0 Å². The molecule has 0 aromatic carbocycles. The largest absolute Gasteiger partial charge is 0.381 e. The molecule has 2 aromatic heterocycles. The molecule has 0 bridgehead atoms. The van der Waals surface area contributed by atoms with Crippen LogP contribution in [0.2, 0.25) is 0 Å². The van der Waals surface area contributed by atoms with E-state index in [1.54, 1.807) is 4.68 Å². The van der Waals surface area contributed by atoms with E-state index in [1.807, 2.05) is 25.5 Å². The third-order valence-electron chi connectivity index (χ3n) is 3.60. The van der Waals surface area contributed by atoms with Gasteiger partial charge in [-0.2, -0.15) is 5.10 Å². The predicted molar refractivity (Wildman–Crippen MR) is 81.2 cm³/mol. The summed E-state index contributed by atoms with van der Waals surface area (Å²) < 4.78 is 7.25. The van der Waals surface area contributed by atoms with Crippen LogP contribution in [0.4, 0.5) is 5.82 Å². The lowest BCUT2D eigenvalue weighted by Gasteiger charge is -2.11. The summed E-state index contributed by atoms with van der Waals surface area (Å²) in [5.74, 6) is 2.05. The van der Waals surface area contributed by atoms with E-state index >= 15 is 0 Å². The van der Waals surface area contributed by atoms with Gasteiger partial charge in [-0.1, -0.05) is 6.92 Å². The molecule has 1 N–H and O–H groups in total. The first-order chi connectivity index (χ1) is 10.3. The Morgan fingerprint density at radius 3 is 3.00 bits per heavy atom. The van der Waals surface area contributed by atoms with Crippen LogP contribution in [0.3, 0.4) is 0 Å². The van der Waals surface area contributed by atoms with Gasteiger partial charge in [-0.25, -0.2) is 9.97 Å². The monoisotopic (exact) mass is 287 g/mol. The van der Waals surface area contributed by atoms with Gasteiger partial charge in [0.1, 0.15) is 11.6 Å². The summed E-state index contributed by atoms with van der Waals surface area (Å²) in [7, 11) is 1.91. The van der Waals surface area contributed by atoms with Crippen LogP contribution in [0.1, 0.15) is 31.5 Å². The minimum Gasteiger partial charge on any atom is -0.381 e. The van der Waals surface area contributed by atoms with Gasteiger partial charge in [0.05, 0.1) is 18.5 Å². The molecule has 0 saturated carbocycles. The highest BCUT2D eigenvalue weighted by Gasteiger charge is 2.22. The molecular formula is C15H21N5O. The molecule has 0 aliphatic carbocycles. The van der Waals surface area contributed by atoms with Gasteiger partial charge in [-0.3, -0.25) is 4.68 Å². The third-order valence-corrected chi connectivity index (χ3v) is 3.60. The Labute approximate surface area is 124 Å². The van der Waals surface area contributed by atoms with Crippen LogP contribution in [-0.4, -0.2) is 39.5 Å². The number of aryl methyl sites for hydroxylation is 1. The zero-order valence-corrected chi connectivity index (χ0v) is 12.5. The van der Waals surface area contributed by atoms with Crippen molar-refractivity contribution in [2.24, 2.45) is 7.05 Å². The minimum atomic E-state index is 0.295. The number of nitrogens with one attached hydrogen (secondary N) is 1. The number of aromatic nitrogens is 4. The SMILES string of the molecule is CCCNc1cc(-c2cnn(C)c2)nc(C2CCOC2)n1. The smallest absolute Gasteiger partial charge is 0.136 e. The van der Waals surface area contributed by atoms with Gasteiger partial charge in [0.2, 0.25) is 0 Å². The molecule has 21 heavy (non-hydrogen) atoms. The maximum atomic E-state index is 5.47. The summed E-state index contributed by atoms with van der Waals surface area (Å²) in [6.45, 7) is 4.55. The second-order valence-corrected chi connectivity index (χ2v) is 5.39. The fourth-order valence-corrected chi connectivity index (χ4v) is 2.43. The van der Waals surface area contributed by atoms with Crippen molar-refractivity contribution >= 4 is 5.82 Å². The van der Waals surface area contributed by atoms with Crippen molar-refractivity contribution in [3.05, 3.63) is 24.3 Å². The fourth-order valence-electron chi connectivity index (χ4n) is 2.43. The molecule has 3 rings (SSSR count). The minimum absolute atomic E-state index is 0.295. The van der Waals surface area contributed by atoms with Crippen molar-refractivity contribution in [1.29, 1.82) is 0 Å². The zero-order valence-electron chi connectivity index (χ0n) is 12.5.